The predicted octanol–water partition coefficient (Wildman–Crippen LogP) is 0.359. The molecule has 0 saturated carbocycles. The van der Waals surface area contributed by atoms with Crippen LogP contribution in [0.15, 0.2) is 63.2 Å². The van der Waals surface area contributed by atoms with Gasteiger partial charge in [0.1, 0.15) is 0 Å². The second-order valence-electron chi connectivity index (χ2n) is 8.43. The molecule has 0 aliphatic heterocycles. The molecule has 0 unspecified atom stereocenters. The lowest BCUT2D eigenvalue weighted by molar-refractivity contribution is 0.319. The van der Waals surface area contributed by atoms with E-state index >= 15 is 0 Å². The van der Waals surface area contributed by atoms with E-state index in [9.17, 15) is 38.8 Å². The average molecular weight is 623 g/mol. The van der Waals surface area contributed by atoms with Gasteiger partial charge in [-0.15, -0.1) is 0 Å². The quantitative estimate of drug-likeness (QED) is 0.136. The van der Waals surface area contributed by atoms with E-state index in [1.807, 2.05) is 0 Å². The number of sulfone groups is 3. The number of aliphatic hydroxyl groups excluding tert-OH is 2. The summed E-state index contributed by atoms with van der Waals surface area (Å²) in [7, 11) is -17.1. The summed E-state index contributed by atoms with van der Waals surface area (Å²) in [6.45, 7) is -1.41. The Morgan fingerprint density at radius 1 is 0.667 bits per heavy atom. The van der Waals surface area contributed by atoms with Crippen molar-refractivity contribution in [3.05, 3.63) is 48.5 Å². The van der Waals surface area contributed by atoms with Gasteiger partial charge in [-0.25, -0.2) is 25.3 Å². The summed E-state index contributed by atoms with van der Waals surface area (Å²) in [5.41, 5.74) is 5.94. The minimum absolute atomic E-state index is 0.0270. The Kier molecular flexibility index (Phi) is 8.95. The molecule has 0 amide bonds. The van der Waals surface area contributed by atoms with Gasteiger partial charge in [-0.1, -0.05) is 6.07 Å². The van der Waals surface area contributed by atoms with Crippen LogP contribution in [0.2, 0.25) is 0 Å². The van der Waals surface area contributed by atoms with Crippen molar-refractivity contribution < 1.29 is 48.4 Å². The van der Waals surface area contributed by atoms with Gasteiger partial charge in [0.05, 0.1) is 56.6 Å². The molecule has 0 radical (unpaired) electrons. The zero-order valence-corrected chi connectivity index (χ0v) is 23.4. The molecule has 0 bridgehead atoms. The smallest absolute Gasteiger partial charge is 0.265 e. The zero-order valence-electron chi connectivity index (χ0n) is 20.2. The molecule has 0 atom stereocenters. The van der Waals surface area contributed by atoms with Gasteiger partial charge in [0.15, 0.2) is 29.5 Å². The normalized spacial score (nSPS) is 13.0. The summed E-state index contributed by atoms with van der Waals surface area (Å²) in [6, 6.07) is 10.1. The summed E-state index contributed by atoms with van der Waals surface area (Å²) in [5, 5.41) is 21.5. The number of nitrogen functional groups attached to an aromatic ring is 1. The molecule has 39 heavy (non-hydrogen) atoms. The van der Waals surface area contributed by atoms with Crippen molar-refractivity contribution in [2.24, 2.45) is 0 Å². The average Bonchev–Trinajstić information content (AvgIpc) is 2.82. The van der Waals surface area contributed by atoms with Crippen LogP contribution in [-0.2, 0) is 39.6 Å². The zero-order chi connectivity index (χ0) is 29.2. The summed E-state index contributed by atoms with van der Waals surface area (Å²) >= 11 is 0. The maximum absolute atomic E-state index is 12.9. The lowest BCUT2D eigenvalue weighted by atomic mass is 10.1. The van der Waals surface area contributed by atoms with Crippen LogP contribution in [-0.4, -0.2) is 84.7 Å². The first kappa shape index (κ1) is 30.7. The van der Waals surface area contributed by atoms with E-state index in [1.54, 1.807) is 0 Å². The molecule has 0 heterocycles. The number of hydrogen-bond donors (Lipinski definition) is 5. The summed E-state index contributed by atoms with van der Waals surface area (Å²) in [5.74, 6) is -3.32. The topological polar surface area (TPSA) is 235 Å². The minimum atomic E-state index is -4.58. The van der Waals surface area contributed by atoms with E-state index < -0.39 is 80.8 Å². The lowest BCUT2D eigenvalue weighted by Crippen LogP contribution is -2.18. The fourth-order valence-corrected chi connectivity index (χ4v) is 8.80. The number of nitrogens with two attached hydrogens (primary N) is 1. The molecular weight excluding hydrogens is 597 g/mol. The Morgan fingerprint density at radius 3 is 1.90 bits per heavy atom. The molecular formula is C22H26N2O11S4. The predicted molar refractivity (Wildman–Crippen MR) is 145 cm³/mol. The van der Waals surface area contributed by atoms with Crippen LogP contribution in [0.4, 0.5) is 17.1 Å². The Bertz CT molecular complexity index is 1840. The van der Waals surface area contributed by atoms with Gasteiger partial charge in [-0.3, -0.25) is 4.55 Å². The van der Waals surface area contributed by atoms with Crippen molar-refractivity contribution in [3.63, 3.8) is 0 Å². The third-order valence-electron chi connectivity index (χ3n) is 5.53. The molecule has 0 aliphatic rings. The highest BCUT2D eigenvalue weighted by molar-refractivity contribution is 7.93. The second-order valence-corrected chi connectivity index (χ2v) is 16.3. The van der Waals surface area contributed by atoms with Crippen molar-refractivity contribution in [2.75, 3.05) is 47.3 Å². The van der Waals surface area contributed by atoms with E-state index in [1.165, 1.54) is 36.4 Å². The Hall–Kier alpha value is -2.80. The van der Waals surface area contributed by atoms with Crippen LogP contribution in [0.1, 0.15) is 0 Å². The molecule has 3 rings (SSSR count). The highest BCUT2D eigenvalue weighted by Crippen LogP contribution is 2.33. The number of aliphatic hydroxyl groups is 2. The maximum Gasteiger partial charge on any atom is 0.265 e. The highest BCUT2D eigenvalue weighted by Gasteiger charge is 2.25. The number of anilines is 3. The molecule has 0 saturated heterocycles. The van der Waals surface area contributed by atoms with Crippen LogP contribution in [0.5, 0.6) is 0 Å². The van der Waals surface area contributed by atoms with E-state index in [0.717, 1.165) is 12.1 Å². The van der Waals surface area contributed by atoms with Gasteiger partial charge in [-0.05, 0) is 47.9 Å². The van der Waals surface area contributed by atoms with E-state index in [2.05, 4.69) is 5.32 Å². The Balaban J connectivity index is 2.17. The molecule has 214 valence electrons. The molecule has 3 aromatic carbocycles. The third-order valence-corrected chi connectivity index (χ3v) is 11.7. The second kappa shape index (κ2) is 11.4. The molecule has 13 nitrogen and oxygen atoms in total. The van der Waals surface area contributed by atoms with E-state index in [-0.39, 0.29) is 37.6 Å². The van der Waals surface area contributed by atoms with Crippen LogP contribution in [0, 0.1) is 0 Å². The monoisotopic (exact) mass is 622 g/mol. The maximum atomic E-state index is 12.9. The first-order valence-corrected chi connectivity index (χ1v) is 17.7. The SMILES string of the molecule is Nc1ccc(Nc2ccc3cc(S(=O)(=O)CCO)cc(S(=O)(=O)CCO)c3c2)c(S(=O)(=O)CCS(=O)(=O)O)c1. The number of fused-ring (bicyclic) bond motifs is 1. The first-order valence-electron chi connectivity index (χ1n) is 11.1. The van der Waals surface area contributed by atoms with Gasteiger partial charge in [0.25, 0.3) is 10.1 Å². The van der Waals surface area contributed by atoms with Crippen LogP contribution < -0.4 is 11.1 Å². The first-order chi connectivity index (χ1) is 18.0. The number of hydrogen-bond acceptors (Lipinski definition) is 12. The number of rotatable bonds is 12. The summed E-state index contributed by atoms with van der Waals surface area (Å²) in [6.07, 6.45) is 0. The summed E-state index contributed by atoms with van der Waals surface area (Å²) < 4.78 is 108. The van der Waals surface area contributed by atoms with E-state index in [4.69, 9.17) is 15.4 Å². The van der Waals surface area contributed by atoms with Gasteiger partial charge in [0.2, 0.25) is 0 Å². The van der Waals surface area contributed by atoms with Crippen molar-refractivity contribution in [1.82, 2.24) is 0 Å². The van der Waals surface area contributed by atoms with E-state index in [0.29, 0.717) is 0 Å². The van der Waals surface area contributed by atoms with Crippen molar-refractivity contribution in [2.45, 2.75) is 14.7 Å². The van der Waals surface area contributed by atoms with Crippen molar-refractivity contribution >= 4 is 67.5 Å². The number of nitrogens with one attached hydrogen (secondary N) is 1. The molecule has 3 aromatic rings. The Morgan fingerprint density at radius 2 is 1.28 bits per heavy atom. The molecule has 0 spiro atoms. The van der Waals surface area contributed by atoms with Crippen molar-refractivity contribution in [1.29, 1.82) is 0 Å². The standard InChI is InChI=1S/C22H26N2O11S4/c23-16-2-4-20(22(12-16)38(31,32)9-10-39(33,34)35)24-17-3-1-15-11-18(36(27,28)7-5-25)14-21(19(15)13-17)37(29,30)8-6-26/h1-4,11-14,24-26H,5-10,23H2,(H,33,34,35). The fourth-order valence-electron chi connectivity index (χ4n) is 3.66. The van der Waals surface area contributed by atoms with Crippen LogP contribution in [0.25, 0.3) is 10.8 Å². The molecule has 0 fully saturated rings. The lowest BCUT2D eigenvalue weighted by Gasteiger charge is -2.16. The molecule has 0 aliphatic carbocycles. The third kappa shape index (κ3) is 7.44. The summed E-state index contributed by atoms with van der Waals surface area (Å²) in [4.78, 5) is -1.11. The van der Waals surface area contributed by atoms with Crippen LogP contribution in [0.3, 0.4) is 0 Å². The molecule has 17 heteroatoms. The Labute approximate surface area is 225 Å². The van der Waals surface area contributed by atoms with Gasteiger partial charge < -0.3 is 21.3 Å². The highest BCUT2D eigenvalue weighted by atomic mass is 32.2. The van der Waals surface area contributed by atoms with Gasteiger partial charge in [0, 0.05) is 16.8 Å². The molecule has 6 N–H and O–H groups in total. The minimum Gasteiger partial charge on any atom is -0.399 e. The number of benzene rings is 3. The molecule has 0 aromatic heterocycles. The van der Waals surface area contributed by atoms with Gasteiger partial charge >= 0.3 is 0 Å². The largest absolute Gasteiger partial charge is 0.399 e. The van der Waals surface area contributed by atoms with Crippen molar-refractivity contribution in [3.8, 4) is 0 Å². The van der Waals surface area contributed by atoms with Gasteiger partial charge in [-0.2, -0.15) is 8.42 Å². The fraction of sp³-hybridized carbons (Fsp3) is 0.273. The van der Waals surface area contributed by atoms with Crippen LogP contribution >= 0.6 is 0 Å².